The van der Waals surface area contributed by atoms with Gasteiger partial charge in [0, 0.05) is 6.54 Å². The first kappa shape index (κ1) is 24.8. The van der Waals surface area contributed by atoms with Crippen LogP contribution in [0.25, 0.3) is 6.08 Å². The first-order valence-corrected chi connectivity index (χ1v) is 12.4. The zero-order valence-electron chi connectivity index (χ0n) is 19.9. The Labute approximate surface area is 215 Å². The van der Waals surface area contributed by atoms with E-state index < -0.39 is 0 Å². The molecular formula is C28H27NO4S2. The Kier molecular flexibility index (Phi) is 8.10. The predicted octanol–water partition coefficient (Wildman–Crippen LogP) is 6.04. The molecule has 5 nitrogen and oxygen atoms in total. The molecule has 180 valence electrons. The average molecular weight is 506 g/mol. The van der Waals surface area contributed by atoms with Gasteiger partial charge in [-0.1, -0.05) is 72.0 Å². The van der Waals surface area contributed by atoms with E-state index in [1.54, 1.807) is 19.1 Å². The minimum atomic E-state index is -0.0774. The number of thiocarbonyl (C=S) groups is 1. The summed E-state index contributed by atoms with van der Waals surface area (Å²) in [5, 5.41) is 0. The number of amides is 1. The van der Waals surface area contributed by atoms with Crippen LogP contribution in [-0.2, 0) is 17.8 Å². The van der Waals surface area contributed by atoms with Gasteiger partial charge in [0.25, 0.3) is 5.91 Å². The summed E-state index contributed by atoms with van der Waals surface area (Å²) in [7, 11) is 3.22. The number of hydrogen-bond acceptors (Lipinski definition) is 6. The third kappa shape index (κ3) is 6.24. The summed E-state index contributed by atoms with van der Waals surface area (Å²) < 4.78 is 17.2. The number of thioether (sulfide) groups is 1. The molecule has 0 atom stereocenters. The summed E-state index contributed by atoms with van der Waals surface area (Å²) in [5.74, 6) is 2.02. The number of hydrogen-bond donors (Lipinski definition) is 0. The van der Waals surface area contributed by atoms with Crippen molar-refractivity contribution in [2.24, 2.45) is 0 Å². The summed E-state index contributed by atoms with van der Waals surface area (Å²) in [4.78, 5) is 15.3. The summed E-state index contributed by atoms with van der Waals surface area (Å²) >= 11 is 6.83. The molecule has 1 saturated heterocycles. The van der Waals surface area contributed by atoms with Crippen molar-refractivity contribution in [1.29, 1.82) is 0 Å². The number of rotatable bonds is 9. The minimum absolute atomic E-state index is 0.0774. The highest BCUT2D eigenvalue weighted by Crippen LogP contribution is 2.34. The zero-order chi connectivity index (χ0) is 24.8. The van der Waals surface area contributed by atoms with Crippen molar-refractivity contribution in [2.45, 2.75) is 20.0 Å². The molecule has 0 N–H and O–H groups in total. The van der Waals surface area contributed by atoms with E-state index in [2.05, 4.69) is 31.2 Å². The van der Waals surface area contributed by atoms with Crippen molar-refractivity contribution >= 4 is 40.3 Å². The average Bonchev–Trinajstić information content (AvgIpc) is 3.14. The van der Waals surface area contributed by atoms with Crippen LogP contribution in [0.3, 0.4) is 0 Å². The molecular weight excluding hydrogens is 478 g/mol. The normalized spacial score (nSPS) is 14.5. The van der Waals surface area contributed by atoms with Gasteiger partial charge in [0.2, 0.25) is 0 Å². The van der Waals surface area contributed by atoms with Crippen LogP contribution in [0.4, 0.5) is 0 Å². The summed E-state index contributed by atoms with van der Waals surface area (Å²) in [5.41, 5.74) is 4.26. The topological polar surface area (TPSA) is 48.0 Å². The Morgan fingerprint density at radius 1 is 0.943 bits per heavy atom. The van der Waals surface area contributed by atoms with E-state index >= 15 is 0 Å². The molecule has 1 aliphatic heterocycles. The largest absolute Gasteiger partial charge is 0.493 e. The highest BCUT2D eigenvalue weighted by atomic mass is 32.2. The van der Waals surface area contributed by atoms with E-state index in [-0.39, 0.29) is 5.91 Å². The lowest BCUT2D eigenvalue weighted by Crippen LogP contribution is -2.30. The second kappa shape index (κ2) is 11.4. The Morgan fingerprint density at radius 3 is 2.43 bits per heavy atom. The lowest BCUT2D eigenvalue weighted by Gasteiger charge is -2.15. The maximum atomic E-state index is 13.1. The van der Waals surface area contributed by atoms with Gasteiger partial charge < -0.3 is 14.2 Å². The van der Waals surface area contributed by atoms with Gasteiger partial charge in [-0.3, -0.25) is 9.69 Å². The second-order valence-corrected chi connectivity index (χ2v) is 9.80. The van der Waals surface area contributed by atoms with E-state index in [1.165, 1.54) is 17.3 Å². The Morgan fingerprint density at radius 2 is 1.69 bits per heavy atom. The minimum Gasteiger partial charge on any atom is -0.493 e. The van der Waals surface area contributed by atoms with Gasteiger partial charge >= 0.3 is 0 Å². The lowest BCUT2D eigenvalue weighted by molar-refractivity contribution is -0.122. The van der Waals surface area contributed by atoms with E-state index in [9.17, 15) is 4.79 Å². The Bertz CT molecular complexity index is 1250. The van der Waals surface area contributed by atoms with Gasteiger partial charge in [-0.25, -0.2) is 0 Å². The molecule has 35 heavy (non-hydrogen) atoms. The van der Waals surface area contributed by atoms with Crippen molar-refractivity contribution in [1.82, 2.24) is 4.90 Å². The molecule has 4 rings (SSSR count). The molecule has 0 unspecified atom stereocenters. The summed E-state index contributed by atoms with van der Waals surface area (Å²) in [6, 6.07) is 21.8. The van der Waals surface area contributed by atoms with Crippen molar-refractivity contribution < 1.29 is 19.0 Å². The number of carbonyl (C=O) groups excluding carboxylic acids is 1. The van der Waals surface area contributed by atoms with Gasteiger partial charge in [0.15, 0.2) is 11.5 Å². The van der Waals surface area contributed by atoms with Gasteiger partial charge in [-0.05, 0) is 60.4 Å². The lowest BCUT2D eigenvalue weighted by atomic mass is 10.1. The fourth-order valence-corrected chi connectivity index (χ4v) is 4.97. The molecule has 7 heteroatoms. The van der Waals surface area contributed by atoms with E-state index in [1.807, 2.05) is 48.5 Å². The Balaban J connectivity index is 1.40. The number of ether oxygens (including phenoxy) is 3. The maximum absolute atomic E-state index is 13.1. The van der Waals surface area contributed by atoms with Crippen LogP contribution in [0, 0.1) is 6.92 Å². The predicted molar refractivity (Wildman–Crippen MR) is 145 cm³/mol. The smallest absolute Gasteiger partial charge is 0.266 e. The van der Waals surface area contributed by atoms with Gasteiger partial charge in [-0.2, -0.15) is 0 Å². The van der Waals surface area contributed by atoms with Crippen LogP contribution in [0.2, 0.25) is 0 Å². The molecule has 0 saturated carbocycles. The molecule has 0 aromatic heterocycles. The molecule has 0 bridgehead atoms. The molecule has 1 fully saturated rings. The third-order valence-corrected chi connectivity index (χ3v) is 7.01. The number of aryl methyl sites for hydroxylation is 1. The number of methoxy groups -OCH3 is 2. The van der Waals surface area contributed by atoms with Crippen LogP contribution in [0.5, 0.6) is 17.2 Å². The van der Waals surface area contributed by atoms with Crippen LogP contribution < -0.4 is 14.2 Å². The van der Waals surface area contributed by atoms with Crippen LogP contribution >= 0.6 is 24.0 Å². The Hall–Kier alpha value is -3.29. The zero-order valence-corrected chi connectivity index (χ0v) is 21.6. The monoisotopic (exact) mass is 505 g/mol. The molecule has 0 spiro atoms. The second-order valence-electron chi connectivity index (χ2n) is 8.12. The van der Waals surface area contributed by atoms with Gasteiger partial charge in [-0.15, -0.1) is 0 Å². The molecule has 1 amide bonds. The summed E-state index contributed by atoms with van der Waals surface area (Å²) in [6.45, 7) is 3.05. The molecule has 1 heterocycles. The quantitative estimate of drug-likeness (QED) is 0.261. The number of carbonyl (C=O) groups is 1. The first-order chi connectivity index (χ1) is 17.0. The standard InChI is InChI=1S/C28H27NO4S2/c1-19-7-9-21(10-8-19)18-33-23-6-4-5-22(15-23)17-26-27(30)29(28(34)35-26)14-13-20-11-12-24(31-2)25(16-20)32-3/h4-12,15-17H,13-14,18H2,1-3H3. The highest BCUT2D eigenvalue weighted by Gasteiger charge is 2.31. The van der Waals surface area contributed by atoms with E-state index in [0.29, 0.717) is 40.3 Å². The van der Waals surface area contributed by atoms with Crippen LogP contribution in [0.1, 0.15) is 22.3 Å². The molecule has 3 aromatic carbocycles. The van der Waals surface area contributed by atoms with Crippen LogP contribution in [-0.4, -0.2) is 35.9 Å². The number of benzene rings is 3. The molecule has 0 radical (unpaired) electrons. The maximum Gasteiger partial charge on any atom is 0.266 e. The van der Waals surface area contributed by atoms with E-state index in [4.69, 9.17) is 26.4 Å². The fourth-order valence-electron chi connectivity index (χ4n) is 3.67. The van der Waals surface area contributed by atoms with Crippen molar-refractivity contribution in [3.8, 4) is 17.2 Å². The highest BCUT2D eigenvalue weighted by molar-refractivity contribution is 8.26. The van der Waals surface area contributed by atoms with Crippen molar-refractivity contribution in [3.63, 3.8) is 0 Å². The molecule has 1 aliphatic rings. The van der Waals surface area contributed by atoms with Crippen molar-refractivity contribution in [2.75, 3.05) is 20.8 Å². The number of nitrogens with zero attached hydrogens (tertiary/aromatic N) is 1. The van der Waals surface area contributed by atoms with Crippen molar-refractivity contribution in [3.05, 3.63) is 93.9 Å². The SMILES string of the molecule is COc1ccc(CCN2C(=O)C(=Cc3cccc(OCc4ccc(C)cc4)c3)SC2=S)cc1OC. The van der Waals surface area contributed by atoms with Gasteiger partial charge in [0.1, 0.15) is 16.7 Å². The molecule has 0 aliphatic carbocycles. The van der Waals surface area contributed by atoms with Gasteiger partial charge in [0.05, 0.1) is 19.1 Å². The fraction of sp³-hybridized carbons (Fsp3) is 0.214. The summed E-state index contributed by atoms with van der Waals surface area (Å²) in [6.07, 6.45) is 2.52. The first-order valence-electron chi connectivity index (χ1n) is 11.2. The molecule has 3 aromatic rings. The van der Waals surface area contributed by atoms with E-state index in [0.717, 1.165) is 22.4 Å². The third-order valence-electron chi connectivity index (χ3n) is 5.63. The van der Waals surface area contributed by atoms with Crippen LogP contribution in [0.15, 0.2) is 71.6 Å².